The third-order valence-electron chi connectivity index (χ3n) is 6.32. The summed E-state index contributed by atoms with van der Waals surface area (Å²) >= 11 is 1.10. The quantitative estimate of drug-likeness (QED) is 0.671. The Morgan fingerprint density at radius 1 is 1.09 bits per heavy atom. The van der Waals surface area contributed by atoms with Crippen LogP contribution < -0.4 is 5.32 Å². The van der Waals surface area contributed by atoms with Crippen LogP contribution in [0.2, 0.25) is 0 Å². The Morgan fingerprint density at radius 3 is 2.48 bits per heavy atom. The van der Waals surface area contributed by atoms with Crippen LogP contribution in [0, 0.1) is 5.92 Å². The van der Waals surface area contributed by atoms with E-state index in [0.29, 0.717) is 38.0 Å². The monoisotopic (exact) mass is 490 g/mol. The number of rotatable bonds is 6. The van der Waals surface area contributed by atoms with E-state index < -0.39 is 10.0 Å². The Bertz CT molecular complexity index is 1060. The zero-order valence-corrected chi connectivity index (χ0v) is 20.2. The topological polar surface area (TPSA) is 99.7 Å². The predicted molar refractivity (Wildman–Crippen MR) is 126 cm³/mol. The van der Waals surface area contributed by atoms with Gasteiger partial charge in [0.2, 0.25) is 5.91 Å². The zero-order valence-electron chi connectivity index (χ0n) is 18.6. The van der Waals surface area contributed by atoms with Gasteiger partial charge in [-0.25, -0.2) is 8.42 Å². The Kier molecular flexibility index (Phi) is 7.77. The number of thiophene rings is 1. The molecule has 8 nitrogen and oxygen atoms in total. The van der Waals surface area contributed by atoms with Crippen molar-refractivity contribution in [1.82, 2.24) is 19.5 Å². The van der Waals surface area contributed by atoms with Gasteiger partial charge >= 0.3 is 0 Å². The number of hydrogen-bond donors (Lipinski definition) is 1. The number of carbonyl (C=O) groups excluding carboxylic acids is 2. The highest BCUT2D eigenvalue weighted by molar-refractivity contribution is 7.91. The molecule has 33 heavy (non-hydrogen) atoms. The molecule has 0 bridgehead atoms. The highest BCUT2D eigenvalue weighted by Crippen LogP contribution is 2.29. The van der Waals surface area contributed by atoms with Crippen LogP contribution in [0.1, 0.15) is 54.4 Å². The second-order valence-corrected chi connectivity index (χ2v) is 11.7. The molecule has 2 amide bonds. The lowest BCUT2D eigenvalue weighted by molar-refractivity contribution is -0.126. The standard InChI is InChI=1S/C23H30N4O4S2/c28-22(25-16-18-6-5-9-24-15-18)19-7-12-27(13-8-19)33(30,31)21-14-20(17-32-21)23(29)26-10-3-1-2-4-11-26/h5-6,9,14-15,17,19H,1-4,7-8,10-13,16H2,(H,25,28). The molecule has 2 aromatic rings. The maximum atomic E-state index is 13.1. The summed E-state index contributed by atoms with van der Waals surface area (Å²) in [7, 11) is -3.68. The lowest BCUT2D eigenvalue weighted by atomic mass is 9.97. The van der Waals surface area contributed by atoms with Gasteiger partial charge in [-0.15, -0.1) is 11.3 Å². The van der Waals surface area contributed by atoms with Crippen molar-refractivity contribution < 1.29 is 18.0 Å². The average Bonchev–Trinajstić information content (AvgIpc) is 3.20. The van der Waals surface area contributed by atoms with Crippen LogP contribution in [0.25, 0.3) is 0 Å². The van der Waals surface area contributed by atoms with Gasteiger partial charge in [-0.1, -0.05) is 18.9 Å². The molecular formula is C23H30N4O4S2. The molecule has 2 aliphatic rings. The Morgan fingerprint density at radius 2 is 1.82 bits per heavy atom. The molecular weight excluding hydrogens is 460 g/mol. The van der Waals surface area contributed by atoms with E-state index in [9.17, 15) is 18.0 Å². The van der Waals surface area contributed by atoms with Crippen molar-refractivity contribution in [2.75, 3.05) is 26.2 Å². The van der Waals surface area contributed by atoms with Crippen molar-refractivity contribution in [2.24, 2.45) is 5.92 Å². The van der Waals surface area contributed by atoms with Crippen LogP contribution in [0.4, 0.5) is 0 Å². The Balaban J connectivity index is 1.32. The molecule has 178 valence electrons. The van der Waals surface area contributed by atoms with Crippen LogP contribution in [0.15, 0.2) is 40.2 Å². The van der Waals surface area contributed by atoms with Gasteiger partial charge in [0.25, 0.3) is 15.9 Å². The summed E-state index contributed by atoms with van der Waals surface area (Å²) in [6, 6.07) is 5.23. The summed E-state index contributed by atoms with van der Waals surface area (Å²) in [5.41, 5.74) is 1.37. The number of amides is 2. The van der Waals surface area contributed by atoms with Gasteiger partial charge in [0.1, 0.15) is 4.21 Å². The first-order valence-electron chi connectivity index (χ1n) is 11.5. The van der Waals surface area contributed by atoms with Crippen molar-refractivity contribution in [2.45, 2.75) is 49.3 Å². The van der Waals surface area contributed by atoms with Gasteiger partial charge in [0.15, 0.2) is 0 Å². The number of likely N-dealkylation sites (tertiary alicyclic amines) is 1. The summed E-state index contributed by atoms with van der Waals surface area (Å²) in [5, 5.41) is 4.57. The van der Waals surface area contributed by atoms with E-state index in [0.717, 1.165) is 55.7 Å². The average molecular weight is 491 g/mol. The zero-order chi connectivity index (χ0) is 23.3. The minimum atomic E-state index is -3.68. The fourth-order valence-corrected chi connectivity index (χ4v) is 7.12. The molecule has 2 fully saturated rings. The molecule has 4 heterocycles. The fraction of sp³-hybridized carbons (Fsp3) is 0.522. The van der Waals surface area contributed by atoms with E-state index in [4.69, 9.17) is 0 Å². The molecule has 4 rings (SSSR count). The van der Waals surface area contributed by atoms with E-state index in [-0.39, 0.29) is 21.9 Å². The summed E-state index contributed by atoms with van der Waals surface area (Å²) in [4.78, 5) is 31.2. The van der Waals surface area contributed by atoms with E-state index in [1.165, 1.54) is 10.4 Å². The second kappa shape index (κ2) is 10.8. The van der Waals surface area contributed by atoms with Gasteiger partial charge in [0.05, 0.1) is 5.56 Å². The summed E-state index contributed by atoms with van der Waals surface area (Å²) < 4.78 is 27.9. The number of aromatic nitrogens is 1. The first-order valence-corrected chi connectivity index (χ1v) is 13.8. The van der Waals surface area contributed by atoms with Crippen molar-refractivity contribution in [3.8, 4) is 0 Å². The molecule has 0 spiro atoms. The minimum absolute atomic E-state index is 0.0580. The Labute approximate surface area is 199 Å². The van der Waals surface area contributed by atoms with Crippen molar-refractivity contribution >= 4 is 33.2 Å². The van der Waals surface area contributed by atoms with Gasteiger partial charge in [0, 0.05) is 56.4 Å². The number of carbonyl (C=O) groups is 2. The second-order valence-electron chi connectivity index (χ2n) is 8.62. The molecule has 0 radical (unpaired) electrons. The van der Waals surface area contributed by atoms with Crippen molar-refractivity contribution in [3.05, 3.63) is 47.1 Å². The van der Waals surface area contributed by atoms with Crippen LogP contribution in [0.5, 0.6) is 0 Å². The van der Waals surface area contributed by atoms with E-state index >= 15 is 0 Å². The molecule has 0 aliphatic carbocycles. The largest absolute Gasteiger partial charge is 0.352 e. The Hall–Kier alpha value is -2.30. The van der Waals surface area contributed by atoms with Crippen LogP contribution in [-0.2, 0) is 21.4 Å². The maximum Gasteiger partial charge on any atom is 0.254 e. The highest BCUT2D eigenvalue weighted by Gasteiger charge is 2.33. The lowest BCUT2D eigenvalue weighted by Gasteiger charge is -2.30. The van der Waals surface area contributed by atoms with E-state index in [2.05, 4.69) is 10.3 Å². The molecule has 10 heteroatoms. The maximum absolute atomic E-state index is 13.1. The number of sulfonamides is 1. The van der Waals surface area contributed by atoms with Gasteiger partial charge in [-0.05, 0) is 43.4 Å². The minimum Gasteiger partial charge on any atom is -0.352 e. The molecule has 1 N–H and O–H groups in total. The van der Waals surface area contributed by atoms with Crippen LogP contribution >= 0.6 is 11.3 Å². The molecule has 0 saturated carbocycles. The van der Waals surface area contributed by atoms with Crippen LogP contribution in [-0.4, -0.2) is 60.6 Å². The number of piperidine rings is 1. The molecule has 0 aromatic carbocycles. The molecule has 2 aliphatic heterocycles. The van der Waals surface area contributed by atoms with Crippen LogP contribution in [0.3, 0.4) is 0 Å². The molecule has 0 unspecified atom stereocenters. The van der Waals surface area contributed by atoms with Gasteiger partial charge < -0.3 is 10.2 Å². The number of pyridine rings is 1. The number of hydrogen-bond acceptors (Lipinski definition) is 6. The lowest BCUT2D eigenvalue weighted by Crippen LogP contribution is -2.42. The first-order chi connectivity index (χ1) is 15.9. The van der Waals surface area contributed by atoms with Gasteiger partial charge in [-0.2, -0.15) is 4.31 Å². The van der Waals surface area contributed by atoms with Crippen molar-refractivity contribution in [1.29, 1.82) is 0 Å². The summed E-state index contributed by atoms with van der Waals surface area (Å²) in [5.74, 6) is -0.354. The van der Waals surface area contributed by atoms with Crippen molar-refractivity contribution in [3.63, 3.8) is 0 Å². The molecule has 0 atom stereocenters. The number of nitrogens with zero attached hydrogens (tertiary/aromatic N) is 3. The fourth-order valence-electron chi connectivity index (χ4n) is 4.34. The third kappa shape index (κ3) is 5.80. The van der Waals surface area contributed by atoms with E-state index in [1.807, 2.05) is 17.0 Å². The molecule has 2 saturated heterocycles. The highest BCUT2D eigenvalue weighted by atomic mass is 32.2. The van der Waals surface area contributed by atoms with Gasteiger partial charge in [-0.3, -0.25) is 14.6 Å². The summed E-state index contributed by atoms with van der Waals surface area (Å²) in [6.07, 6.45) is 8.59. The summed E-state index contributed by atoms with van der Waals surface area (Å²) in [6.45, 7) is 2.45. The third-order valence-corrected chi connectivity index (χ3v) is 9.64. The normalized spacial score (nSPS) is 18.6. The smallest absolute Gasteiger partial charge is 0.254 e. The van der Waals surface area contributed by atoms with E-state index in [1.54, 1.807) is 17.8 Å². The first kappa shape index (κ1) is 23.8. The molecule has 2 aromatic heterocycles. The SMILES string of the molecule is O=C(NCc1cccnc1)C1CCN(S(=O)(=O)c2cc(C(=O)N3CCCCCC3)cs2)CC1. The number of nitrogens with one attached hydrogen (secondary N) is 1. The predicted octanol–water partition coefficient (Wildman–Crippen LogP) is 2.88.